The van der Waals surface area contributed by atoms with Gasteiger partial charge in [0.1, 0.15) is 4.21 Å². The van der Waals surface area contributed by atoms with Gasteiger partial charge in [0.15, 0.2) is 0 Å². The van der Waals surface area contributed by atoms with E-state index in [1.165, 1.54) is 0 Å². The molecule has 1 saturated heterocycles. The van der Waals surface area contributed by atoms with E-state index in [0.717, 1.165) is 35.3 Å². The van der Waals surface area contributed by atoms with Gasteiger partial charge in [0.25, 0.3) is 10.0 Å². The second kappa shape index (κ2) is 7.94. The lowest BCUT2D eigenvalue weighted by Crippen LogP contribution is -2.40. The van der Waals surface area contributed by atoms with E-state index in [9.17, 15) is 8.42 Å². The highest BCUT2D eigenvalue weighted by Gasteiger charge is 2.32. The first-order valence-electron chi connectivity index (χ1n) is 9.07. The zero-order valence-electron chi connectivity index (χ0n) is 15.3. The molecular weight excluding hydrogens is 418 g/mol. The Morgan fingerprint density at radius 3 is 2.86 bits per heavy atom. The maximum Gasteiger partial charge on any atom is 0.252 e. The molecule has 1 aromatic carbocycles. The van der Waals surface area contributed by atoms with Crippen molar-refractivity contribution in [3.8, 4) is 11.4 Å². The predicted molar refractivity (Wildman–Crippen MR) is 109 cm³/mol. The largest absolute Gasteiger partial charge is 0.339 e. The van der Waals surface area contributed by atoms with Gasteiger partial charge in [-0.1, -0.05) is 41.0 Å². The van der Waals surface area contributed by atoms with E-state index < -0.39 is 10.0 Å². The Morgan fingerprint density at radius 2 is 2.11 bits per heavy atom. The smallest absolute Gasteiger partial charge is 0.252 e. The van der Waals surface area contributed by atoms with Crippen LogP contribution in [0, 0.1) is 12.8 Å². The van der Waals surface area contributed by atoms with Gasteiger partial charge in [0, 0.05) is 25.1 Å². The molecular formula is C19H20ClN3O3S2. The molecule has 1 fully saturated rings. The van der Waals surface area contributed by atoms with E-state index in [1.54, 1.807) is 16.4 Å². The van der Waals surface area contributed by atoms with Gasteiger partial charge in [-0.05, 0) is 43.4 Å². The first-order valence-corrected chi connectivity index (χ1v) is 11.7. The molecule has 0 unspecified atom stereocenters. The molecule has 0 radical (unpaired) electrons. The molecule has 4 rings (SSSR count). The molecule has 9 heteroatoms. The van der Waals surface area contributed by atoms with Crippen molar-refractivity contribution in [2.75, 3.05) is 13.1 Å². The average molecular weight is 438 g/mol. The van der Waals surface area contributed by atoms with Crippen molar-refractivity contribution in [2.24, 2.45) is 5.92 Å². The molecule has 1 aliphatic rings. The van der Waals surface area contributed by atoms with Crippen molar-refractivity contribution in [1.82, 2.24) is 14.4 Å². The summed E-state index contributed by atoms with van der Waals surface area (Å²) in [5, 5.41) is 4.10. The first kappa shape index (κ1) is 19.6. The van der Waals surface area contributed by atoms with Crippen LogP contribution in [0.25, 0.3) is 11.4 Å². The Morgan fingerprint density at radius 1 is 1.29 bits per heavy atom. The first-order chi connectivity index (χ1) is 13.4. The normalized spacial score (nSPS) is 18.4. The van der Waals surface area contributed by atoms with Crippen molar-refractivity contribution in [3.05, 3.63) is 52.2 Å². The number of halogens is 1. The van der Waals surface area contributed by atoms with Crippen LogP contribution in [0.3, 0.4) is 0 Å². The molecule has 6 nitrogen and oxygen atoms in total. The molecule has 0 saturated carbocycles. The van der Waals surface area contributed by atoms with Gasteiger partial charge >= 0.3 is 0 Å². The summed E-state index contributed by atoms with van der Waals surface area (Å²) in [4.78, 5) is 4.52. The SMILES string of the molecule is Cc1ccccc1-c1noc(C[C@H]2CCCN(S(=O)(=O)c3ccc(Cl)s3)C2)n1. The van der Waals surface area contributed by atoms with Crippen LogP contribution in [0.2, 0.25) is 4.34 Å². The fraction of sp³-hybridized carbons (Fsp3) is 0.368. The fourth-order valence-electron chi connectivity index (χ4n) is 3.49. The molecule has 0 bridgehead atoms. The zero-order valence-corrected chi connectivity index (χ0v) is 17.7. The van der Waals surface area contributed by atoms with Gasteiger partial charge in [-0.25, -0.2) is 8.42 Å². The molecule has 0 N–H and O–H groups in total. The second-order valence-electron chi connectivity index (χ2n) is 6.96. The molecule has 3 heterocycles. The number of aromatic nitrogens is 2. The topological polar surface area (TPSA) is 76.3 Å². The summed E-state index contributed by atoms with van der Waals surface area (Å²) in [6, 6.07) is 11.1. The molecule has 1 aliphatic heterocycles. The third kappa shape index (κ3) is 4.00. The molecule has 0 aliphatic carbocycles. The number of thiophene rings is 1. The number of piperidine rings is 1. The third-order valence-corrected chi connectivity index (χ3v) is 8.51. The van der Waals surface area contributed by atoms with Gasteiger partial charge < -0.3 is 4.52 Å². The number of sulfonamides is 1. The number of aryl methyl sites for hydroxylation is 1. The lowest BCUT2D eigenvalue weighted by molar-refractivity contribution is 0.247. The Labute approximate surface area is 173 Å². The molecule has 148 valence electrons. The van der Waals surface area contributed by atoms with E-state index in [2.05, 4.69) is 10.1 Å². The fourth-order valence-corrected chi connectivity index (χ4v) is 6.69. The number of hydrogen-bond donors (Lipinski definition) is 0. The van der Waals surface area contributed by atoms with Gasteiger partial charge in [-0.3, -0.25) is 0 Å². The summed E-state index contributed by atoms with van der Waals surface area (Å²) >= 11 is 7.00. The van der Waals surface area contributed by atoms with Crippen molar-refractivity contribution < 1.29 is 12.9 Å². The van der Waals surface area contributed by atoms with Crippen LogP contribution >= 0.6 is 22.9 Å². The van der Waals surface area contributed by atoms with E-state index in [0.29, 0.717) is 35.6 Å². The molecule has 1 atom stereocenters. The van der Waals surface area contributed by atoms with Crippen molar-refractivity contribution in [1.29, 1.82) is 0 Å². The molecule has 3 aromatic rings. The Kier molecular flexibility index (Phi) is 5.55. The molecule has 28 heavy (non-hydrogen) atoms. The van der Waals surface area contributed by atoms with Gasteiger partial charge in [0.2, 0.25) is 11.7 Å². The maximum absolute atomic E-state index is 12.9. The summed E-state index contributed by atoms with van der Waals surface area (Å²) in [7, 11) is -3.51. The van der Waals surface area contributed by atoms with E-state index in [-0.39, 0.29) is 10.1 Å². The van der Waals surface area contributed by atoms with Crippen LogP contribution < -0.4 is 0 Å². The lowest BCUT2D eigenvalue weighted by atomic mass is 9.96. The zero-order chi connectivity index (χ0) is 19.7. The molecule has 2 aromatic heterocycles. The second-order valence-corrected chi connectivity index (χ2v) is 10.8. The maximum atomic E-state index is 12.9. The summed E-state index contributed by atoms with van der Waals surface area (Å²) in [5.74, 6) is 1.26. The standard InChI is InChI=1S/C19H20ClN3O3S2/c1-13-5-2-3-7-15(13)19-21-17(26-22-19)11-14-6-4-10-23(12-14)28(24,25)18-9-8-16(20)27-18/h2-3,5,7-9,14H,4,6,10-12H2,1H3/t14-/m1/s1. The van der Waals surface area contributed by atoms with Crippen molar-refractivity contribution >= 4 is 33.0 Å². The van der Waals surface area contributed by atoms with Gasteiger partial charge in [-0.15, -0.1) is 11.3 Å². The van der Waals surface area contributed by atoms with Crippen LogP contribution in [0.5, 0.6) is 0 Å². The van der Waals surface area contributed by atoms with Crippen LogP contribution in [0.1, 0.15) is 24.3 Å². The van der Waals surface area contributed by atoms with E-state index in [4.69, 9.17) is 16.1 Å². The highest BCUT2D eigenvalue weighted by molar-refractivity contribution is 7.91. The summed E-state index contributed by atoms with van der Waals surface area (Å²) in [5.41, 5.74) is 2.03. The Hall–Kier alpha value is -1.74. The van der Waals surface area contributed by atoms with Crippen LogP contribution in [-0.2, 0) is 16.4 Å². The predicted octanol–water partition coefficient (Wildman–Crippen LogP) is 4.40. The number of hydrogen-bond acceptors (Lipinski definition) is 6. The monoisotopic (exact) mass is 437 g/mol. The van der Waals surface area contributed by atoms with Gasteiger partial charge in [-0.2, -0.15) is 9.29 Å². The Balaban J connectivity index is 1.47. The average Bonchev–Trinajstić information content (AvgIpc) is 3.32. The summed E-state index contributed by atoms with van der Waals surface area (Å²) < 4.78 is 33.5. The van der Waals surface area contributed by atoms with Crippen LogP contribution in [0.4, 0.5) is 0 Å². The van der Waals surface area contributed by atoms with Crippen molar-refractivity contribution in [2.45, 2.75) is 30.4 Å². The third-order valence-electron chi connectivity index (χ3n) is 4.94. The van der Waals surface area contributed by atoms with Crippen LogP contribution in [-0.4, -0.2) is 36.0 Å². The number of rotatable bonds is 5. The van der Waals surface area contributed by atoms with E-state index in [1.807, 2.05) is 31.2 Å². The number of nitrogens with zero attached hydrogens (tertiary/aromatic N) is 3. The highest BCUT2D eigenvalue weighted by Crippen LogP contribution is 2.31. The summed E-state index contributed by atoms with van der Waals surface area (Å²) in [6.07, 6.45) is 2.30. The highest BCUT2D eigenvalue weighted by atomic mass is 35.5. The minimum Gasteiger partial charge on any atom is -0.339 e. The number of benzene rings is 1. The van der Waals surface area contributed by atoms with E-state index >= 15 is 0 Å². The molecule has 0 spiro atoms. The quantitative estimate of drug-likeness (QED) is 0.591. The minimum absolute atomic E-state index is 0.143. The lowest BCUT2D eigenvalue weighted by Gasteiger charge is -2.30. The summed E-state index contributed by atoms with van der Waals surface area (Å²) in [6.45, 7) is 2.97. The van der Waals surface area contributed by atoms with Crippen LogP contribution in [0.15, 0.2) is 45.1 Å². The Bertz CT molecular complexity index is 1080. The van der Waals surface area contributed by atoms with Crippen molar-refractivity contribution in [3.63, 3.8) is 0 Å². The molecule has 0 amide bonds. The van der Waals surface area contributed by atoms with Gasteiger partial charge in [0.05, 0.1) is 4.34 Å². The minimum atomic E-state index is -3.51.